The molecule has 4 aromatic rings. The molecule has 4 heterocycles. The van der Waals surface area contributed by atoms with E-state index in [9.17, 15) is 34.2 Å². The molecule has 2 aliphatic heterocycles. The number of nitrogens with one attached hydrogen (secondary N) is 3. The molecule has 0 bridgehead atoms. The van der Waals surface area contributed by atoms with E-state index >= 15 is 0 Å². The van der Waals surface area contributed by atoms with Gasteiger partial charge in [0, 0.05) is 96.7 Å². The van der Waals surface area contributed by atoms with Gasteiger partial charge in [0.15, 0.2) is 5.78 Å². The fourth-order valence-corrected chi connectivity index (χ4v) is 11.5. The number of aromatic nitrogens is 2. The number of rotatable bonds is 33. The smallest absolute Gasteiger partial charge is 0.246 e. The number of Topliss-reactive ketones (excluding diaryl/α,β-unsaturated/α-hetero) is 1. The van der Waals surface area contributed by atoms with Crippen LogP contribution >= 0.6 is 22.7 Å². The molecule has 0 unspecified atom stereocenters. The van der Waals surface area contributed by atoms with Crippen LogP contribution < -0.4 is 16.0 Å². The van der Waals surface area contributed by atoms with Gasteiger partial charge in [0.2, 0.25) is 23.6 Å². The summed E-state index contributed by atoms with van der Waals surface area (Å²) in [5.41, 5.74) is 9.12. The molecule has 19 nitrogen and oxygen atoms in total. The van der Waals surface area contributed by atoms with Gasteiger partial charge in [0.05, 0.1) is 63.6 Å². The molecule has 2 aromatic heterocycles. The number of aliphatic hydroxyl groups excluding tert-OH is 2. The number of hydrogen-bond acceptors (Lipinski definition) is 17. The van der Waals surface area contributed by atoms with E-state index in [-0.39, 0.29) is 82.4 Å². The molecule has 82 heavy (non-hydrogen) atoms. The minimum atomic E-state index is -0.863. The number of aliphatic hydroxyl groups is 2. The van der Waals surface area contributed by atoms with Crippen LogP contribution in [0.25, 0.3) is 20.9 Å². The fraction of sp³-hybridized carbons (Fsp3) is 0.590. The van der Waals surface area contributed by atoms with Crippen LogP contribution in [0.3, 0.4) is 0 Å². The Morgan fingerprint density at radius 2 is 1.07 bits per heavy atom. The molecular formula is C61H87N7O12S2. The Kier molecular flexibility index (Phi) is 25.6. The zero-order chi connectivity index (χ0) is 59.4. The van der Waals surface area contributed by atoms with Crippen molar-refractivity contribution in [3.8, 4) is 20.9 Å². The van der Waals surface area contributed by atoms with Gasteiger partial charge in [-0.3, -0.25) is 24.0 Å². The molecule has 5 N–H and O–H groups in total. The molecule has 2 saturated heterocycles. The van der Waals surface area contributed by atoms with Crippen LogP contribution in [0, 0.1) is 30.6 Å². The topological polar surface area (TPSA) is 240 Å². The lowest BCUT2D eigenvalue weighted by molar-refractivity contribution is -0.146. The Balaban J connectivity index is 0.763. The van der Waals surface area contributed by atoms with E-state index in [1.165, 1.54) is 4.90 Å². The number of thiazole rings is 2. The van der Waals surface area contributed by atoms with Crippen molar-refractivity contribution in [1.82, 2.24) is 35.7 Å². The van der Waals surface area contributed by atoms with E-state index in [4.69, 9.17) is 23.7 Å². The lowest BCUT2D eigenvalue weighted by Crippen LogP contribution is -2.57. The van der Waals surface area contributed by atoms with Crippen LogP contribution in [0.5, 0.6) is 0 Å². The summed E-state index contributed by atoms with van der Waals surface area (Å²) in [4.78, 5) is 81.7. The summed E-state index contributed by atoms with van der Waals surface area (Å²) in [6, 6.07) is 14.0. The summed E-state index contributed by atoms with van der Waals surface area (Å²) in [5.74, 6) is -2.32. The highest BCUT2D eigenvalue weighted by molar-refractivity contribution is 7.13. The summed E-state index contributed by atoms with van der Waals surface area (Å²) in [6.07, 6.45) is 0.813. The molecule has 0 spiro atoms. The third-order valence-corrected chi connectivity index (χ3v) is 16.5. The Morgan fingerprint density at radius 3 is 1.56 bits per heavy atom. The highest BCUT2D eigenvalue weighted by atomic mass is 32.1. The largest absolute Gasteiger partial charge is 0.391 e. The van der Waals surface area contributed by atoms with Gasteiger partial charge in [-0.2, -0.15) is 0 Å². The predicted octanol–water partition coefficient (Wildman–Crippen LogP) is 6.80. The quantitative estimate of drug-likeness (QED) is 0.0308. The normalized spacial score (nSPS) is 18.1. The van der Waals surface area contributed by atoms with Crippen molar-refractivity contribution in [2.24, 2.45) is 16.7 Å². The van der Waals surface area contributed by atoms with E-state index in [0.29, 0.717) is 77.6 Å². The average molecular weight is 1170 g/mol. The highest BCUT2D eigenvalue weighted by Crippen LogP contribution is 2.35. The number of carbonyl (C=O) groups excluding carboxylic acids is 5. The van der Waals surface area contributed by atoms with Crippen molar-refractivity contribution in [1.29, 1.82) is 0 Å². The first-order valence-electron chi connectivity index (χ1n) is 28.5. The van der Waals surface area contributed by atoms with Crippen LogP contribution in [0.4, 0.5) is 0 Å². The lowest BCUT2D eigenvalue weighted by atomic mass is 9.77. The van der Waals surface area contributed by atoms with Gasteiger partial charge in [0.1, 0.15) is 25.3 Å². The van der Waals surface area contributed by atoms with Crippen LogP contribution in [0.15, 0.2) is 71.8 Å². The standard InChI is InChI=1S/C61H87N7O12S2/c1-40(62-32-43-13-17-45(18-14-43)54-41(2)64-38-81-54)51-30-47(69)34-67(51)59(75)56(61(7,8)9)66-53(72)37-80-28-27-78-25-11-23-76-21-10-22-77-24-12-26-79-36-49(71)29-50(60(4,5)6)58(74)68-35-48(70)31-52(68)57(73)63-33-44-15-19-46(20-16-44)55-42(3)65-39-82-55/h13-20,38-39,47-48,50-52,56,62,69-70H,1,10-12,21-37H2,2-9H3,(H,63,73)(H,66,72)/t47-,48-,50-,51+,52+,56-/m1/s1. The second kappa shape index (κ2) is 32.0. The fourth-order valence-electron chi connectivity index (χ4n) is 9.87. The maximum absolute atomic E-state index is 14.1. The SMILES string of the molecule is C=C(NCc1ccc(-c2scnc2C)cc1)[C@@H]1C[C@@H](O)CN1C(=O)[C@@H](NC(=O)COCCOCCCOCCCOCCCOCC(=O)C[C@H](C(=O)N1C[C@H](O)C[C@H]1C(=O)NCc1ccc(-c2scnc2C)cc1)C(C)(C)C)C(C)(C)C. The molecule has 450 valence electrons. The monoisotopic (exact) mass is 1170 g/mol. The van der Waals surface area contributed by atoms with E-state index in [1.54, 1.807) is 27.6 Å². The number of β-amino-alcohol motifs (C(OH)–C–C–N with tert-alkyl or cyclic N) is 2. The number of hydrogen-bond donors (Lipinski definition) is 5. The second-order valence-electron chi connectivity index (χ2n) is 23.3. The van der Waals surface area contributed by atoms with Crippen LogP contribution in [0.1, 0.15) is 103 Å². The number of ketones is 1. The van der Waals surface area contributed by atoms with E-state index in [2.05, 4.69) is 44.6 Å². The number of amides is 4. The minimum absolute atomic E-state index is 0.0210. The molecule has 0 radical (unpaired) electrons. The third kappa shape index (κ3) is 20.1. The zero-order valence-electron chi connectivity index (χ0n) is 49.2. The van der Waals surface area contributed by atoms with Crippen LogP contribution in [-0.4, -0.2) is 169 Å². The number of ether oxygens (including phenoxy) is 5. The summed E-state index contributed by atoms with van der Waals surface area (Å²) >= 11 is 3.18. The number of benzene rings is 2. The van der Waals surface area contributed by atoms with Gasteiger partial charge in [-0.1, -0.05) is 96.7 Å². The molecule has 6 atom stereocenters. The molecule has 2 fully saturated rings. The highest BCUT2D eigenvalue weighted by Gasteiger charge is 2.45. The van der Waals surface area contributed by atoms with Gasteiger partial charge >= 0.3 is 0 Å². The predicted molar refractivity (Wildman–Crippen MR) is 317 cm³/mol. The molecule has 0 aliphatic carbocycles. The lowest BCUT2D eigenvalue weighted by Gasteiger charge is -2.36. The number of likely N-dealkylation sites (tertiary alicyclic amines) is 2. The Bertz CT molecular complexity index is 2500. The summed E-state index contributed by atoms with van der Waals surface area (Å²) in [7, 11) is 0. The van der Waals surface area contributed by atoms with Crippen molar-refractivity contribution in [2.45, 2.75) is 137 Å². The maximum Gasteiger partial charge on any atom is 0.246 e. The number of aryl methyl sites for hydroxylation is 2. The van der Waals surface area contributed by atoms with Crippen molar-refractivity contribution in [2.75, 3.05) is 79.2 Å². The summed E-state index contributed by atoms with van der Waals surface area (Å²) in [5, 5.41) is 30.4. The summed E-state index contributed by atoms with van der Waals surface area (Å²) < 4.78 is 28.3. The first-order chi connectivity index (χ1) is 39.1. The second-order valence-corrected chi connectivity index (χ2v) is 25.1. The first-order valence-corrected chi connectivity index (χ1v) is 30.2. The van der Waals surface area contributed by atoms with E-state index in [1.807, 2.05) is 103 Å². The van der Waals surface area contributed by atoms with E-state index in [0.717, 1.165) is 43.4 Å². The van der Waals surface area contributed by atoms with Gasteiger partial charge < -0.3 is 59.6 Å². The zero-order valence-corrected chi connectivity index (χ0v) is 50.8. The molecular weight excluding hydrogens is 1090 g/mol. The summed E-state index contributed by atoms with van der Waals surface area (Å²) in [6.45, 7) is 23.3. The third-order valence-electron chi connectivity index (χ3n) is 14.5. The van der Waals surface area contributed by atoms with Crippen LogP contribution in [-0.2, 0) is 60.7 Å². The molecule has 6 rings (SSSR count). The average Bonchev–Trinajstić information content (AvgIpc) is 4.32. The van der Waals surface area contributed by atoms with E-state index < -0.39 is 53.0 Å². The molecule has 2 aromatic carbocycles. The number of nitrogens with zero attached hydrogens (tertiary/aromatic N) is 4. The Labute approximate surface area is 491 Å². The molecule has 21 heteroatoms. The van der Waals surface area contributed by atoms with Gasteiger partial charge in [-0.05, 0) is 66.2 Å². The maximum atomic E-state index is 14.1. The van der Waals surface area contributed by atoms with Gasteiger partial charge in [-0.25, -0.2) is 9.97 Å². The molecule has 0 saturated carbocycles. The Hall–Kier alpha value is -5.49. The van der Waals surface area contributed by atoms with Crippen molar-refractivity contribution < 1.29 is 57.9 Å². The number of carbonyl (C=O) groups is 5. The van der Waals surface area contributed by atoms with Crippen molar-refractivity contribution in [3.05, 3.63) is 94.3 Å². The first kappa shape index (κ1) is 65.7. The molecule has 4 amide bonds. The minimum Gasteiger partial charge on any atom is -0.391 e. The molecule has 2 aliphatic rings. The van der Waals surface area contributed by atoms with Gasteiger partial charge in [0.25, 0.3) is 0 Å². The van der Waals surface area contributed by atoms with Crippen LogP contribution in [0.2, 0.25) is 0 Å². The van der Waals surface area contributed by atoms with Crippen molar-refractivity contribution in [3.63, 3.8) is 0 Å². The Morgan fingerprint density at radius 1 is 0.622 bits per heavy atom. The van der Waals surface area contributed by atoms with Crippen molar-refractivity contribution >= 4 is 52.1 Å². The van der Waals surface area contributed by atoms with Gasteiger partial charge in [-0.15, -0.1) is 22.7 Å².